The molecule has 14 nitrogen and oxygen atoms in total. The summed E-state index contributed by atoms with van der Waals surface area (Å²) in [6, 6.07) is 17.0. The fourth-order valence-electron chi connectivity index (χ4n) is 9.85. The van der Waals surface area contributed by atoms with E-state index in [1.165, 1.54) is 11.1 Å². The number of carbonyl (C=O) groups is 5. The number of likely N-dealkylation sites (N-methyl/N-ethyl adjacent to an activating group) is 1. The Balaban J connectivity index is 0.000000537. The van der Waals surface area contributed by atoms with Crippen molar-refractivity contribution in [3.63, 3.8) is 0 Å². The highest BCUT2D eigenvalue weighted by molar-refractivity contribution is 5.96. The maximum Gasteiger partial charge on any atom is 0.324 e. The Kier molecular flexibility index (Phi) is 16.6. The summed E-state index contributed by atoms with van der Waals surface area (Å²) in [7, 11) is 5.45. The van der Waals surface area contributed by atoms with Gasteiger partial charge in [-0.25, -0.2) is 5.43 Å². The second-order valence-corrected chi connectivity index (χ2v) is 19.7. The van der Waals surface area contributed by atoms with E-state index in [0.29, 0.717) is 38.9 Å². The summed E-state index contributed by atoms with van der Waals surface area (Å²) in [6.45, 7) is 20.4. The Labute approximate surface area is 396 Å². The number of aryl methyl sites for hydroxylation is 1. The molecular formula is C53H71N7O7. The zero-order valence-corrected chi connectivity index (χ0v) is 41.1. The number of carbonyl (C=O) groups excluding carboxylic acids is 5. The van der Waals surface area contributed by atoms with Gasteiger partial charge in [-0.15, -0.1) is 0 Å². The summed E-state index contributed by atoms with van der Waals surface area (Å²) < 4.78 is 14.2. The van der Waals surface area contributed by atoms with Gasteiger partial charge in [-0.2, -0.15) is 0 Å². The summed E-state index contributed by atoms with van der Waals surface area (Å²) in [5.41, 5.74) is 10.9. The largest absolute Gasteiger partial charge is 0.464 e. The minimum atomic E-state index is -0.859. The number of pyridine rings is 1. The lowest BCUT2D eigenvalue weighted by Gasteiger charge is -2.36. The summed E-state index contributed by atoms with van der Waals surface area (Å²) in [6.07, 6.45) is 5.89. The number of hydrogen-bond donors (Lipinski definition) is 2. The van der Waals surface area contributed by atoms with Crippen LogP contribution in [0.1, 0.15) is 84.2 Å². The molecule has 2 fully saturated rings. The van der Waals surface area contributed by atoms with Crippen molar-refractivity contribution in [3.8, 4) is 22.4 Å². The number of esters is 1. The van der Waals surface area contributed by atoms with E-state index in [9.17, 15) is 24.0 Å². The van der Waals surface area contributed by atoms with E-state index >= 15 is 0 Å². The summed E-state index contributed by atoms with van der Waals surface area (Å²) >= 11 is 0. The van der Waals surface area contributed by atoms with Crippen LogP contribution < -0.4 is 10.7 Å². The molecule has 4 aromatic rings. The lowest BCUT2D eigenvalue weighted by atomic mass is 9.84. The first-order chi connectivity index (χ1) is 31.9. The topological polar surface area (TPSA) is 155 Å². The van der Waals surface area contributed by atoms with Crippen LogP contribution in [0.25, 0.3) is 33.3 Å². The average Bonchev–Trinajstić information content (AvgIpc) is 3.85. The maximum absolute atomic E-state index is 14.3. The number of nitrogens with zero attached hydrogens (tertiary/aromatic N) is 5. The third-order valence-corrected chi connectivity index (χ3v) is 13.4. The molecule has 6 atom stereocenters. The van der Waals surface area contributed by atoms with Crippen molar-refractivity contribution in [2.75, 3.05) is 47.4 Å². The Morgan fingerprint density at radius 1 is 1.07 bits per heavy atom. The predicted octanol–water partition coefficient (Wildman–Crippen LogP) is 6.80. The molecule has 0 radical (unpaired) electrons. The van der Waals surface area contributed by atoms with Crippen LogP contribution in [0.3, 0.4) is 0 Å². The number of nitrogens with one attached hydrogen (secondary N) is 2. The van der Waals surface area contributed by atoms with Gasteiger partial charge in [-0.3, -0.25) is 34.1 Å². The molecule has 7 rings (SSSR count). The second-order valence-electron chi connectivity index (χ2n) is 19.7. The minimum Gasteiger partial charge on any atom is -0.464 e. The van der Waals surface area contributed by atoms with Crippen molar-refractivity contribution in [2.24, 2.45) is 23.2 Å². The molecule has 360 valence electrons. The highest BCUT2D eigenvalue weighted by Gasteiger charge is 2.37. The van der Waals surface area contributed by atoms with Crippen molar-refractivity contribution < 1.29 is 33.4 Å². The Morgan fingerprint density at radius 2 is 1.82 bits per heavy atom. The van der Waals surface area contributed by atoms with Crippen LogP contribution in [0.5, 0.6) is 0 Å². The van der Waals surface area contributed by atoms with Crippen molar-refractivity contribution in [1.29, 1.82) is 0 Å². The fraction of sp³-hybridized carbons (Fsp3) is 0.509. The molecule has 3 aliphatic heterocycles. The van der Waals surface area contributed by atoms with Crippen molar-refractivity contribution >= 4 is 40.9 Å². The molecule has 0 aliphatic carbocycles. The van der Waals surface area contributed by atoms with E-state index in [0.717, 1.165) is 62.9 Å². The fourth-order valence-corrected chi connectivity index (χ4v) is 9.85. The maximum atomic E-state index is 14.3. The molecule has 5 unspecified atom stereocenters. The second kappa shape index (κ2) is 21.9. The molecule has 0 saturated carbocycles. The van der Waals surface area contributed by atoms with Crippen LogP contribution in [-0.2, 0) is 52.8 Å². The molecular weight excluding hydrogens is 847 g/mol. The molecule has 5 heterocycles. The predicted molar refractivity (Wildman–Crippen MR) is 261 cm³/mol. The first-order valence-corrected chi connectivity index (χ1v) is 23.7. The molecule has 2 aromatic heterocycles. The number of benzene rings is 2. The van der Waals surface area contributed by atoms with Gasteiger partial charge in [0, 0.05) is 73.7 Å². The first kappa shape index (κ1) is 50.7. The number of methoxy groups -OCH3 is 1. The molecule has 14 heteroatoms. The number of amides is 3. The minimum absolute atomic E-state index is 0.00824. The highest BCUT2D eigenvalue weighted by atomic mass is 16.5. The van der Waals surface area contributed by atoms with Gasteiger partial charge in [0.05, 0.1) is 30.1 Å². The molecule has 2 aromatic carbocycles. The number of aromatic nitrogens is 2. The molecule has 2 N–H and O–H groups in total. The molecule has 6 bridgehead atoms. The van der Waals surface area contributed by atoms with Gasteiger partial charge in [0.2, 0.25) is 11.8 Å². The van der Waals surface area contributed by atoms with Crippen molar-refractivity contribution in [3.05, 3.63) is 90.3 Å². The van der Waals surface area contributed by atoms with E-state index in [1.54, 1.807) is 12.0 Å². The molecule has 3 amide bonds. The average molecular weight is 918 g/mol. The lowest BCUT2D eigenvalue weighted by Crippen LogP contribution is -2.61. The van der Waals surface area contributed by atoms with Crippen LogP contribution in [0.15, 0.2) is 73.4 Å². The number of aldehydes is 1. The summed E-state index contributed by atoms with van der Waals surface area (Å²) in [5.74, 6) is -0.644. The van der Waals surface area contributed by atoms with Crippen molar-refractivity contribution in [2.45, 2.75) is 105 Å². The van der Waals surface area contributed by atoms with Gasteiger partial charge in [0.25, 0.3) is 5.91 Å². The van der Waals surface area contributed by atoms with Gasteiger partial charge in [0.15, 0.2) is 0 Å². The zero-order valence-electron chi connectivity index (χ0n) is 41.1. The van der Waals surface area contributed by atoms with Gasteiger partial charge in [-0.05, 0) is 112 Å². The van der Waals surface area contributed by atoms with Crippen molar-refractivity contribution in [1.82, 2.24) is 35.1 Å². The van der Waals surface area contributed by atoms with E-state index in [-0.39, 0.29) is 54.6 Å². The third kappa shape index (κ3) is 11.5. The van der Waals surface area contributed by atoms with Crippen LogP contribution >= 0.6 is 0 Å². The number of likely N-dealkylation sites (tertiary alicyclic amines) is 1. The highest BCUT2D eigenvalue weighted by Crippen LogP contribution is 2.42. The number of ether oxygens (including phenoxy) is 2. The van der Waals surface area contributed by atoms with E-state index in [1.807, 2.05) is 71.1 Å². The van der Waals surface area contributed by atoms with Gasteiger partial charge < -0.3 is 29.1 Å². The SMILES string of the molecule is C=CC(=O)N1CC(C)C(C=O)C1.CCn1c(-c2cccnc2C(C)OC)c2c3cc(ccc31)-c1cccc(c1)CC(NC(=O)C(C(C)C)N(C)C)C(=O)N1CCC[C@H](N1)C(=O)OCC(C)(C)C2. The smallest absolute Gasteiger partial charge is 0.324 e. The Hall–Kier alpha value is -5.70. The number of rotatable bonds is 10. The van der Waals surface area contributed by atoms with Crippen LogP contribution in [0.4, 0.5) is 0 Å². The summed E-state index contributed by atoms with van der Waals surface area (Å²) in [5, 5.41) is 5.73. The third-order valence-electron chi connectivity index (χ3n) is 13.4. The quantitative estimate of drug-likeness (QED) is 0.0987. The van der Waals surface area contributed by atoms with Crippen LogP contribution in [0, 0.1) is 23.2 Å². The number of cyclic esters (lactones) is 1. The van der Waals surface area contributed by atoms with Crippen LogP contribution in [-0.4, -0.2) is 120 Å². The Bertz CT molecular complexity index is 2430. The first-order valence-electron chi connectivity index (χ1n) is 23.7. The van der Waals surface area contributed by atoms with Gasteiger partial charge >= 0.3 is 5.97 Å². The summed E-state index contributed by atoms with van der Waals surface area (Å²) in [4.78, 5) is 71.8. The number of fused-ring (bicyclic) bond motifs is 6. The van der Waals surface area contributed by atoms with Gasteiger partial charge in [0.1, 0.15) is 18.4 Å². The van der Waals surface area contributed by atoms with Gasteiger partial charge in [-0.1, -0.05) is 71.5 Å². The lowest BCUT2D eigenvalue weighted by molar-refractivity contribution is -0.155. The Morgan fingerprint density at radius 3 is 2.48 bits per heavy atom. The standard InChI is InChI=1S/C44H58N6O5.C9H13NO2/c1-10-49-37-19-18-31-24-33(37)34(40(49)32-16-12-20-45-38(32)28(4)54-9)25-44(5,6)26-55-43(53)35-17-13-21-50(47-35)42(52)36(23-29-14-11-15-30(31)22-29)46-41(51)39(27(2)3)48(7)8;1-3-9(12)10-4-7(2)8(5-10)6-11/h11-12,14-16,18-20,22,24,27-28,35-36,39,47H,10,13,17,21,23,25-26H2,1-9H3,(H,46,51);3,6-8H,1,4-5H2,2H3/t28?,35-,36?,39?;/m0./s1. The van der Waals surface area contributed by atoms with E-state index in [2.05, 4.69) is 79.1 Å². The molecule has 2 saturated heterocycles. The van der Waals surface area contributed by atoms with Crippen LogP contribution in [0.2, 0.25) is 0 Å². The normalized spacial score (nSPS) is 21.8. The number of hydrogen-bond acceptors (Lipinski definition) is 10. The molecule has 3 aliphatic rings. The molecule has 67 heavy (non-hydrogen) atoms. The van der Waals surface area contributed by atoms with E-state index in [4.69, 9.17) is 14.5 Å². The van der Waals surface area contributed by atoms with E-state index < -0.39 is 29.5 Å². The monoisotopic (exact) mass is 918 g/mol. The zero-order chi connectivity index (χ0) is 48.7. The number of hydrazine groups is 1. The molecule has 0 spiro atoms.